The average Bonchev–Trinajstić information content (AvgIpc) is 2.42. The van der Waals surface area contributed by atoms with E-state index >= 15 is 0 Å². The van der Waals surface area contributed by atoms with Crippen molar-refractivity contribution >= 4 is 99.7 Å². The van der Waals surface area contributed by atoms with Crippen LogP contribution in [0.25, 0.3) is 11.0 Å². The number of esters is 6. The molecule has 7 rings (SSSR count). The molecule has 3 amide bonds. The van der Waals surface area contributed by atoms with Gasteiger partial charge in [-0.2, -0.15) is 0 Å². The second kappa shape index (κ2) is 30.0. The second-order valence-electron chi connectivity index (χ2n) is 19.7. The summed E-state index contributed by atoms with van der Waals surface area (Å²) in [7, 11) is 1.15. The molecule has 0 spiro atoms. The molecular formula is C53H63N9O21S2. The minimum Gasteiger partial charge on any atom is -0.467 e. The third kappa shape index (κ3) is 17.2. The Kier molecular flexibility index (Phi) is 22.7. The number of carbonyl (C=O) groups is 9. The molecule has 3 heterocycles. The van der Waals surface area contributed by atoms with E-state index in [0.29, 0.717) is 34.1 Å². The van der Waals surface area contributed by atoms with Crippen LogP contribution in [0.3, 0.4) is 0 Å². The monoisotopic (exact) mass is 1230 g/mol. The maximum absolute atomic E-state index is 13.9. The molecule has 1 saturated heterocycles. The van der Waals surface area contributed by atoms with Gasteiger partial charge >= 0.3 is 47.6 Å². The lowest BCUT2D eigenvalue weighted by atomic mass is 9.85. The minimum absolute atomic E-state index is 0.0218. The largest absolute Gasteiger partial charge is 0.467 e. The third-order valence-corrected chi connectivity index (χ3v) is 15.6. The van der Waals surface area contributed by atoms with Crippen LogP contribution in [0.1, 0.15) is 89.3 Å². The molecule has 2 bridgehead atoms. The van der Waals surface area contributed by atoms with E-state index in [1.165, 1.54) is 37.7 Å². The van der Waals surface area contributed by atoms with Crippen LogP contribution in [-0.2, 0) is 87.6 Å². The van der Waals surface area contributed by atoms with E-state index in [1.54, 1.807) is 30.3 Å². The maximum atomic E-state index is 13.9. The number of anilines is 1. The number of non-ortho nitro benzene ring substituents is 1. The fraction of sp³-hybridized carbons (Fsp3) is 0.528. The van der Waals surface area contributed by atoms with Crippen molar-refractivity contribution < 1.29 is 95.3 Å². The normalized spacial score (nSPS) is 21.2. The van der Waals surface area contributed by atoms with E-state index in [2.05, 4.69) is 41.8 Å². The SMILES string of the molecule is COC(=O)[C@H](C)NC(=O)[C@H](CSc1nnc(SCCO[C@@H]2O[C@H](COC(C)=O)[C@@H](OC(C)=O)[C@H](OC(C)=O)[C@H]2OC(C)=O)c2c1C1CC(COC(=O)CCNc3ccc([N+](=O)[O-])c4nonc34)C2C1)NC(=O)[C@H](C)NC(=O)OCc1ccccc1. The Hall–Kier alpha value is -8.23. The number of benzene rings is 2. The molecular weight excluding hydrogens is 1160 g/mol. The number of hydrogen-bond donors (Lipinski definition) is 4. The summed E-state index contributed by atoms with van der Waals surface area (Å²) in [5.41, 5.74) is 2.41. The molecule has 11 atom stereocenters. The highest BCUT2D eigenvalue weighted by atomic mass is 32.2. The smallest absolute Gasteiger partial charge is 0.408 e. The lowest BCUT2D eigenvalue weighted by Crippen LogP contribution is -2.63. The summed E-state index contributed by atoms with van der Waals surface area (Å²) in [5, 5.41) is 39.7. The molecule has 2 aromatic heterocycles. The molecule has 1 saturated carbocycles. The van der Waals surface area contributed by atoms with Gasteiger partial charge in [0, 0.05) is 57.7 Å². The topological polar surface area (TPSA) is 393 Å². The van der Waals surface area contributed by atoms with E-state index in [4.69, 9.17) is 47.3 Å². The van der Waals surface area contributed by atoms with Crippen molar-refractivity contribution in [1.29, 1.82) is 0 Å². The molecule has 3 unspecified atom stereocenters. The van der Waals surface area contributed by atoms with Crippen molar-refractivity contribution in [1.82, 2.24) is 36.5 Å². The first-order chi connectivity index (χ1) is 40.6. The van der Waals surface area contributed by atoms with Crippen molar-refractivity contribution in [3.63, 3.8) is 0 Å². The number of nitrogens with one attached hydrogen (secondary N) is 4. The molecule has 3 aliphatic rings. The zero-order chi connectivity index (χ0) is 61.5. The van der Waals surface area contributed by atoms with Gasteiger partial charge in [0.15, 0.2) is 30.1 Å². The molecule has 32 heteroatoms. The van der Waals surface area contributed by atoms with Crippen LogP contribution in [0.5, 0.6) is 0 Å². The van der Waals surface area contributed by atoms with Crippen molar-refractivity contribution in [3.8, 4) is 0 Å². The van der Waals surface area contributed by atoms with E-state index < -0.39 is 114 Å². The van der Waals surface area contributed by atoms with Crippen LogP contribution in [0.15, 0.2) is 57.1 Å². The molecule has 2 aliphatic carbocycles. The Morgan fingerprint density at radius 3 is 2.11 bits per heavy atom. The summed E-state index contributed by atoms with van der Waals surface area (Å²) in [6, 6.07) is 7.94. The number of thioether (sulfide) groups is 2. The number of amides is 3. The highest BCUT2D eigenvalue weighted by Crippen LogP contribution is 2.59. The van der Waals surface area contributed by atoms with E-state index in [0.717, 1.165) is 57.7 Å². The number of alkyl carbamates (subject to hydrolysis) is 1. The number of nitro benzene ring substituents is 1. The number of rotatable bonds is 28. The number of carbonyl (C=O) groups excluding carboxylic acids is 9. The quantitative estimate of drug-likeness (QED) is 0.0158. The van der Waals surface area contributed by atoms with E-state index in [9.17, 15) is 53.3 Å². The summed E-state index contributed by atoms with van der Waals surface area (Å²) < 4.78 is 54.6. The van der Waals surface area contributed by atoms with Crippen molar-refractivity contribution in [2.45, 2.75) is 138 Å². The standard InChI is InChI=1S/C53H63N9O21S2/c1-25(56-53(71)78-21-31-11-9-8-10-12-31)47(68)57-36(48(69)55-26(2)51(70)74-7)24-85-49-40-32-19-33(22-77-39(67)15-16-54-35-13-14-37(62(72)73)43-42(35)60-83-61-43)34(20-32)41(40)50(59-58-49)84-18-17-75-52-46(81-30(6)66)45(80-29(5)65)44(79-28(4)64)38(82-52)23-76-27(3)63/h8-14,25-26,32-34,36,38,44-46,52,54H,15-24H2,1-7H3,(H,55,69)(H,56,71)(H,57,68)/t25-,26-,32?,33?,34?,36-,38+,44+,45-,46+,52+/m0/s1. The summed E-state index contributed by atoms with van der Waals surface area (Å²) in [6.45, 7) is 6.69. The molecule has 458 valence electrons. The zero-order valence-electron chi connectivity index (χ0n) is 47.1. The highest BCUT2D eigenvalue weighted by Gasteiger charge is 2.53. The van der Waals surface area contributed by atoms with Crippen molar-refractivity contribution in [3.05, 3.63) is 69.3 Å². The van der Waals surface area contributed by atoms with Crippen molar-refractivity contribution in [2.24, 2.45) is 5.92 Å². The number of nitro groups is 1. The van der Waals surface area contributed by atoms with Gasteiger partial charge in [0.1, 0.15) is 47.5 Å². The van der Waals surface area contributed by atoms with Crippen LogP contribution < -0.4 is 21.3 Å². The van der Waals surface area contributed by atoms with Crippen LogP contribution in [0, 0.1) is 16.0 Å². The predicted octanol–water partition coefficient (Wildman–Crippen LogP) is 3.32. The molecule has 4 aromatic rings. The molecule has 2 fully saturated rings. The van der Waals surface area contributed by atoms with Gasteiger partial charge in [0.05, 0.1) is 37.4 Å². The molecule has 1 aliphatic heterocycles. The van der Waals surface area contributed by atoms with Gasteiger partial charge in [-0.15, -0.1) is 33.7 Å². The Balaban J connectivity index is 1.09. The lowest BCUT2D eigenvalue weighted by Gasteiger charge is -2.44. The van der Waals surface area contributed by atoms with Gasteiger partial charge in [0.2, 0.25) is 17.3 Å². The van der Waals surface area contributed by atoms with E-state index in [-0.39, 0.29) is 78.8 Å². The summed E-state index contributed by atoms with van der Waals surface area (Å²) in [4.78, 5) is 126. The fourth-order valence-electron chi connectivity index (χ4n) is 9.83. The first-order valence-corrected chi connectivity index (χ1v) is 28.6. The Bertz CT molecular complexity index is 3120. The highest BCUT2D eigenvalue weighted by molar-refractivity contribution is 7.99. The van der Waals surface area contributed by atoms with Gasteiger partial charge in [-0.25, -0.2) is 14.2 Å². The lowest BCUT2D eigenvalue weighted by molar-refractivity contribution is -0.383. The van der Waals surface area contributed by atoms with Gasteiger partial charge in [-0.05, 0) is 71.6 Å². The van der Waals surface area contributed by atoms with Crippen molar-refractivity contribution in [2.75, 3.05) is 50.3 Å². The number of hydrogen-bond acceptors (Lipinski definition) is 28. The van der Waals surface area contributed by atoms with Crippen LogP contribution in [-0.4, -0.2) is 173 Å². The molecule has 30 nitrogen and oxygen atoms in total. The molecule has 4 N–H and O–H groups in total. The minimum atomic E-state index is -1.47. The number of fused-ring (bicyclic) bond motifs is 6. The Morgan fingerprint density at radius 1 is 0.741 bits per heavy atom. The molecule has 85 heavy (non-hydrogen) atoms. The Morgan fingerprint density at radius 2 is 1.42 bits per heavy atom. The van der Waals surface area contributed by atoms with Gasteiger partial charge in [-0.1, -0.05) is 30.3 Å². The fourth-order valence-corrected chi connectivity index (χ4v) is 11.8. The number of ether oxygens (including phenoxy) is 9. The second-order valence-corrected chi connectivity index (χ2v) is 21.8. The molecule has 2 aromatic carbocycles. The van der Waals surface area contributed by atoms with Gasteiger partial charge < -0.3 is 63.9 Å². The first kappa shape index (κ1) is 64.3. The van der Waals surface area contributed by atoms with Crippen LogP contribution in [0.4, 0.5) is 16.2 Å². The van der Waals surface area contributed by atoms with Crippen LogP contribution >= 0.6 is 23.5 Å². The van der Waals surface area contributed by atoms with Gasteiger partial charge in [-0.3, -0.25) is 43.7 Å². The zero-order valence-corrected chi connectivity index (χ0v) is 48.7. The Labute approximate surface area is 493 Å². The number of aromatic nitrogens is 4. The number of nitrogens with zero attached hydrogens (tertiary/aromatic N) is 5. The maximum Gasteiger partial charge on any atom is 0.408 e. The summed E-state index contributed by atoms with van der Waals surface area (Å²) in [6.07, 6.45) is -6.86. The third-order valence-electron chi connectivity index (χ3n) is 13.6. The average molecular weight is 1230 g/mol. The number of methoxy groups -OCH3 is 1. The summed E-state index contributed by atoms with van der Waals surface area (Å²) in [5.74, 6) is -6.48. The first-order valence-electron chi connectivity index (χ1n) is 26.6. The van der Waals surface area contributed by atoms with E-state index in [1.807, 2.05) is 0 Å². The predicted molar refractivity (Wildman–Crippen MR) is 293 cm³/mol. The summed E-state index contributed by atoms with van der Waals surface area (Å²) >= 11 is 2.35. The van der Waals surface area contributed by atoms with Gasteiger partial charge in [0.25, 0.3) is 0 Å². The van der Waals surface area contributed by atoms with Crippen LogP contribution in [0.2, 0.25) is 0 Å². The molecule has 0 radical (unpaired) electrons.